The number of aromatic nitrogens is 3. The van der Waals surface area contributed by atoms with Gasteiger partial charge in [-0.25, -0.2) is 9.97 Å². The maximum absolute atomic E-state index is 14.2. The zero-order valence-corrected chi connectivity index (χ0v) is 17.9. The largest absolute Gasteiger partial charge is 0.486 e. The third kappa shape index (κ3) is 3.16. The molecule has 1 fully saturated rings. The average molecular weight is 426 g/mol. The number of ether oxygens (including phenoxy) is 1. The van der Waals surface area contributed by atoms with Crippen molar-refractivity contribution in [3.05, 3.63) is 57.8 Å². The average Bonchev–Trinajstić information content (AvgIpc) is 3.35. The molecule has 0 saturated heterocycles. The van der Waals surface area contributed by atoms with Crippen molar-refractivity contribution in [2.45, 2.75) is 57.5 Å². The van der Waals surface area contributed by atoms with E-state index in [1.54, 1.807) is 23.6 Å². The first-order valence-electron chi connectivity index (χ1n) is 10.3. The first kappa shape index (κ1) is 19.9. The Hall–Kier alpha value is -3.03. The van der Waals surface area contributed by atoms with Crippen LogP contribution in [0.5, 0.6) is 5.75 Å². The van der Waals surface area contributed by atoms with Crippen molar-refractivity contribution in [3.8, 4) is 5.75 Å². The van der Waals surface area contributed by atoms with E-state index in [1.807, 2.05) is 20.0 Å². The van der Waals surface area contributed by atoms with Gasteiger partial charge < -0.3 is 14.6 Å². The number of halogens is 2. The van der Waals surface area contributed by atoms with Gasteiger partial charge in [0.05, 0.1) is 22.0 Å². The van der Waals surface area contributed by atoms with E-state index in [0.717, 1.165) is 12.8 Å². The van der Waals surface area contributed by atoms with Crippen LogP contribution in [0.1, 0.15) is 50.6 Å². The molecular weight excluding hydrogens is 402 g/mol. The second-order valence-electron chi connectivity index (χ2n) is 9.32. The van der Waals surface area contributed by atoms with E-state index < -0.39 is 18.1 Å². The molecule has 3 heterocycles. The number of nitrogens with zero attached hydrogens (tertiary/aromatic N) is 3. The number of aryl methyl sites for hydroxylation is 1. The zero-order chi connectivity index (χ0) is 22.2. The second kappa shape index (κ2) is 6.24. The number of alkyl halides is 2. The number of benzene rings is 1. The number of nitrogens with one attached hydrogen (secondary N) is 1. The number of anilines is 1. The summed E-state index contributed by atoms with van der Waals surface area (Å²) in [5.41, 5.74) is 0.0323. The molecule has 1 saturated carbocycles. The van der Waals surface area contributed by atoms with Gasteiger partial charge >= 0.3 is 5.92 Å². The highest BCUT2D eigenvalue weighted by molar-refractivity contribution is 5.88. The molecule has 8 heteroatoms. The minimum atomic E-state index is -3.00. The number of pyridine rings is 1. The molecule has 0 bridgehead atoms. The predicted molar refractivity (Wildman–Crippen MR) is 114 cm³/mol. The standard InChI is InChI=1S/C23H24F2N4O2/c1-13-26-17-10-18(30)29(22(4)8-9-22)11-14(17)20(27-13)28-21(2,3)15-6-5-7-16-19(15)31-12-23(16,24)25/h5-7,10-11H,8-9,12H2,1-4H3,(H,26,27,28). The molecule has 0 unspecified atom stereocenters. The van der Waals surface area contributed by atoms with E-state index >= 15 is 0 Å². The highest BCUT2D eigenvalue weighted by Gasteiger charge is 2.44. The van der Waals surface area contributed by atoms with E-state index in [1.165, 1.54) is 12.1 Å². The fraction of sp³-hybridized carbons (Fsp3) is 0.435. The molecule has 1 N–H and O–H groups in total. The van der Waals surface area contributed by atoms with Crippen molar-refractivity contribution in [2.75, 3.05) is 11.9 Å². The van der Waals surface area contributed by atoms with Crippen molar-refractivity contribution >= 4 is 16.7 Å². The predicted octanol–water partition coefficient (Wildman–Crippen LogP) is 4.44. The molecule has 5 rings (SSSR count). The van der Waals surface area contributed by atoms with E-state index in [4.69, 9.17) is 4.74 Å². The summed E-state index contributed by atoms with van der Waals surface area (Å²) < 4.78 is 35.5. The van der Waals surface area contributed by atoms with Crippen LogP contribution in [0.2, 0.25) is 0 Å². The van der Waals surface area contributed by atoms with Crippen LogP contribution in [0.3, 0.4) is 0 Å². The van der Waals surface area contributed by atoms with Gasteiger partial charge in [0.15, 0.2) is 6.61 Å². The summed E-state index contributed by atoms with van der Waals surface area (Å²) in [4.78, 5) is 21.6. The van der Waals surface area contributed by atoms with Crippen LogP contribution in [0, 0.1) is 6.92 Å². The Bertz CT molecular complexity index is 1280. The molecule has 0 radical (unpaired) electrons. The normalized spacial score (nSPS) is 18.5. The third-order valence-electron chi connectivity index (χ3n) is 6.31. The fourth-order valence-electron chi connectivity index (χ4n) is 4.23. The Balaban J connectivity index is 1.62. The van der Waals surface area contributed by atoms with Gasteiger partial charge in [0, 0.05) is 23.4 Å². The maximum Gasteiger partial charge on any atom is 0.310 e. The van der Waals surface area contributed by atoms with Crippen LogP contribution in [-0.2, 0) is 17.0 Å². The molecule has 3 aromatic rings. The van der Waals surface area contributed by atoms with Crippen molar-refractivity contribution in [3.63, 3.8) is 0 Å². The summed E-state index contributed by atoms with van der Waals surface area (Å²) in [6.45, 7) is 6.94. The monoisotopic (exact) mass is 426 g/mol. The molecule has 0 amide bonds. The van der Waals surface area contributed by atoms with Crippen LogP contribution in [0.25, 0.3) is 10.9 Å². The van der Waals surface area contributed by atoms with Crippen molar-refractivity contribution in [2.24, 2.45) is 0 Å². The van der Waals surface area contributed by atoms with E-state index in [-0.39, 0.29) is 22.4 Å². The molecule has 1 aliphatic carbocycles. The van der Waals surface area contributed by atoms with Crippen LogP contribution in [0.4, 0.5) is 14.6 Å². The lowest BCUT2D eigenvalue weighted by Gasteiger charge is -2.29. The Labute approximate surface area is 178 Å². The SMILES string of the molecule is Cc1nc(NC(C)(C)c2cccc3c2OCC3(F)F)c2cn(C3(C)CC3)c(=O)cc2n1. The first-order chi connectivity index (χ1) is 14.5. The smallest absolute Gasteiger partial charge is 0.310 e. The third-order valence-corrected chi connectivity index (χ3v) is 6.31. The van der Waals surface area contributed by atoms with Crippen LogP contribution >= 0.6 is 0 Å². The molecule has 31 heavy (non-hydrogen) atoms. The molecule has 162 valence electrons. The van der Waals surface area contributed by atoms with E-state index in [0.29, 0.717) is 28.1 Å². The Kier molecular flexibility index (Phi) is 4.01. The summed E-state index contributed by atoms with van der Waals surface area (Å²) in [6, 6.07) is 6.34. The van der Waals surface area contributed by atoms with Gasteiger partial charge in [-0.05, 0) is 46.6 Å². The molecule has 2 aliphatic rings. The van der Waals surface area contributed by atoms with E-state index in [2.05, 4.69) is 22.2 Å². The van der Waals surface area contributed by atoms with Crippen molar-refractivity contribution in [1.29, 1.82) is 0 Å². The number of hydrogen-bond donors (Lipinski definition) is 1. The molecule has 1 aliphatic heterocycles. The summed E-state index contributed by atoms with van der Waals surface area (Å²) >= 11 is 0. The minimum absolute atomic E-state index is 0.0904. The number of hydrogen-bond acceptors (Lipinski definition) is 5. The fourth-order valence-corrected chi connectivity index (χ4v) is 4.23. The lowest BCUT2D eigenvalue weighted by Crippen LogP contribution is -2.30. The highest BCUT2D eigenvalue weighted by Crippen LogP contribution is 2.47. The van der Waals surface area contributed by atoms with Gasteiger partial charge in [-0.1, -0.05) is 12.1 Å². The summed E-state index contributed by atoms with van der Waals surface area (Å²) in [5.74, 6) is -1.73. The van der Waals surface area contributed by atoms with Crippen LogP contribution in [-0.4, -0.2) is 21.1 Å². The number of para-hydroxylation sites is 1. The Morgan fingerprint density at radius 3 is 2.68 bits per heavy atom. The summed E-state index contributed by atoms with van der Waals surface area (Å²) in [6.07, 6.45) is 3.70. The van der Waals surface area contributed by atoms with Gasteiger partial charge in [-0.2, -0.15) is 8.78 Å². The summed E-state index contributed by atoms with van der Waals surface area (Å²) in [5, 5.41) is 4.12. The molecule has 1 aromatic carbocycles. The highest BCUT2D eigenvalue weighted by atomic mass is 19.3. The van der Waals surface area contributed by atoms with Gasteiger partial charge in [0.25, 0.3) is 5.56 Å². The molecular formula is C23H24F2N4O2. The van der Waals surface area contributed by atoms with Crippen molar-refractivity contribution < 1.29 is 13.5 Å². The van der Waals surface area contributed by atoms with Gasteiger partial charge in [-0.15, -0.1) is 0 Å². The molecule has 0 atom stereocenters. The van der Waals surface area contributed by atoms with Crippen LogP contribution in [0.15, 0.2) is 35.3 Å². The molecule has 2 aromatic heterocycles. The van der Waals surface area contributed by atoms with E-state index in [9.17, 15) is 13.6 Å². The van der Waals surface area contributed by atoms with Crippen LogP contribution < -0.4 is 15.6 Å². The Morgan fingerprint density at radius 1 is 1.23 bits per heavy atom. The first-order valence-corrected chi connectivity index (χ1v) is 10.3. The van der Waals surface area contributed by atoms with Gasteiger partial charge in [0.1, 0.15) is 17.4 Å². The lowest BCUT2D eigenvalue weighted by atomic mass is 9.91. The topological polar surface area (TPSA) is 69.0 Å². The zero-order valence-electron chi connectivity index (χ0n) is 17.9. The number of rotatable bonds is 4. The minimum Gasteiger partial charge on any atom is -0.486 e. The summed E-state index contributed by atoms with van der Waals surface area (Å²) in [7, 11) is 0. The van der Waals surface area contributed by atoms with Gasteiger partial charge in [0.2, 0.25) is 0 Å². The molecule has 6 nitrogen and oxygen atoms in total. The van der Waals surface area contributed by atoms with Gasteiger partial charge in [-0.3, -0.25) is 4.79 Å². The lowest BCUT2D eigenvalue weighted by molar-refractivity contribution is -0.0214. The molecule has 0 spiro atoms. The quantitative estimate of drug-likeness (QED) is 0.668. The maximum atomic E-state index is 14.2. The van der Waals surface area contributed by atoms with Crippen molar-refractivity contribution in [1.82, 2.24) is 14.5 Å². The Morgan fingerprint density at radius 2 is 1.97 bits per heavy atom. The second-order valence-corrected chi connectivity index (χ2v) is 9.32. The number of fused-ring (bicyclic) bond motifs is 2.